The summed E-state index contributed by atoms with van der Waals surface area (Å²) in [5.41, 5.74) is 5.55. The molecule has 1 heterocycles. The van der Waals surface area contributed by atoms with Gasteiger partial charge < -0.3 is 10.5 Å². The maximum Gasteiger partial charge on any atom is 0.338 e. The van der Waals surface area contributed by atoms with Crippen LogP contribution in [-0.4, -0.2) is 18.1 Å². The normalized spacial score (nSPS) is 10.3. The van der Waals surface area contributed by atoms with Crippen LogP contribution in [0.15, 0.2) is 30.5 Å². The minimum absolute atomic E-state index is 0.0273. The smallest absolute Gasteiger partial charge is 0.338 e. The lowest BCUT2D eigenvalue weighted by Gasteiger charge is -2.09. The minimum Gasteiger partial charge on any atom is -0.465 e. The van der Waals surface area contributed by atoms with Gasteiger partial charge in [-0.2, -0.15) is 0 Å². The molecular formula is C13H10F2N2O2. The van der Waals surface area contributed by atoms with E-state index >= 15 is 0 Å². The zero-order chi connectivity index (χ0) is 14.0. The Morgan fingerprint density at radius 1 is 1.26 bits per heavy atom. The lowest BCUT2D eigenvalue weighted by Crippen LogP contribution is -2.06. The third-order valence-corrected chi connectivity index (χ3v) is 2.55. The summed E-state index contributed by atoms with van der Waals surface area (Å²) in [6.45, 7) is 0. The van der Waals surface area contributed by atoms with E-state index in [0.717, 1.165) is 18.2 Å². The molecule has 0 amide bonds. The fourth-order valence-corrected chi connectivity index (χ4v) is 1.67. The minimum atomic E-state index is -0.701. The summed E-state index contributed by atoms with van der Waals surface area (Å²) >= 11 is 0. The molecule has 2 aromatic rings. The van der Waals surface area contributed by atoms with E-state index in [2.05, 4.69) is 9.72 Å². The second kappa shape index (κ2) is 5.01. The molecule has 19 heavy (non-hydrogen) atoms. The Morgan fingerprint density at radius 2 is 2.00 bits per heavy atom. The molecular weight excluding hydrogens is 254 g/mol. The van der Waals surface area contributed by atoms with Gasteiger partial charge in [0.15, 0.2) is 0 Å². The predicted octanol–water partition coefficient (Wildman–Crippen LogP) is 2.40. The first kappa shape index (κ1) is 12.9. The molecule has 6 heteroatoms. The van der Waals surface area contributed by atoms with Crippen LogP contribution in [0.3, 0.4) is 0 Å². The second-order valence-electron chi connectivity index (χ2n) is 3.77. The molecule has 0 unspecified atom stereocenters. The number of rotatable bonds is 2. The topological polar surface area (TPSA) is 65.2 Å². The maximum absolute atomic E-state index is 13.7. The van der Waals surface area contributed by atoms with Gasteiger partial charge in [-0.05, 0) is 24.3 Å². The average molecular weight is 264 g/mol. The van der Waals surface area contributed by atoms with Gasteiger partial charge in [0.25, 0.3) is 0 Å². The first-order chi connectivity index (χ1) is 9.02. The number of halogens is 2. The number of methoxy groups -OCH3 is 1. The number of benzene rings is 1. The van der Waals surface area contributed by atoms with E-state index in [1.807, 2.05) is 0 Å². The predicted molar refractivity (Wildman–Crippen MR) is 65.3 cm³/mol. The van der Waals surface area contributed by atoms with Crippen LogP contribution in [0, 0.1) is 11.6 Å². The maximum atomic E-state index is 13.7. The molecule has 0 aliphatic carbocycles. The van der Waals surface area contributed by atoms with E-state index in [1.165, 1.54) is 19.4 Å². The molecule has 0 spiro atoms. The fourth-order valence-electron chi connectivity index (χ4n) is 1.67. The lowest BCUT2D eigenvalue weighted by molar-refractivity contribution is 0.0601. The van der Waals surface area contributed by atoms with Gasteiger partial charge in [0, 0.05) is 17.3 Å². The van der Waals surface area contributed by atoms with Crippen LogP contribution in [0.1, 0.15) is 10.4 Å². The summed E-state index contributed by atoms with van der Waals surface area (Å²) in [5.74, 6) is -1.91. The summed E-state index contributed by atoms with van der Waals surface area (Å²) in [7, 11) is 1.19. The zero-order valence-corrected chi connectivity index (χ0v) is 9.98. The van der Waals surface area contributed by atoms with Gasteiger partial charge >= 0.3 is 5.97 Å². The number of carbonyl (C=O) groups is 1. The molecule has 0 saturated carbocycles. The van der Waals surface area contributed by atoms with Crippen molar-refractivity contribution in [2.24, 2.45) is 0 Å². The molecule has 0 bridgehead atoms. The van der Waals surface area contributed by atoms with Gasteiger partial charge in [-0.25, -0.2) is 18.6 Å². The summed E-state index contributed by atoms with van der Waals surface area (Å²) in [4.78, 5) is 15.4. The van der Waals surface area contributed by atoms with Crippen LogP contribution < -0.4 is 5.73 Å². The van der Waals surface area contributed by atoms with E-state index < -0.39 is 17.6 Å². The zero-order valence-electron chi connectivity index (χ0n) is 9.98. The van der Waals surface area contributed by atoms with Gasteiger partial charge in [-0.1, -0.05) is 0 Å². The van der Waals surface area contributed by atoms with Crippen LogP contribution >= 0.6 is 0 Å². The number of esters is 1. The van der Waals surface area contributed by atoms with E-state index in [0.29, 0.717) is 0 Å². The first-order valence-corrected chi connectivity index (χ1v) is 5.32. The molecule has 98 valence electrons. The number of hydrogen-bond donors (Lipinski definition) is 1. The highest BCUT2D eigenvalue weighted by atomic mass is 19.1. The number of aromatic nitrogens is 1. The molecule has 0 saturated heterocycles. The van der Waals surface area contributed by atoms with E-state index in [-0.39, 0.29) is 22.5 Å². The quantitative estimate of drug-likeness (QED) is 0.846. The number of carbonyl (C=O) groups excluding carboxylic acids is 1. The Balaban J connectivity index is 2.68. The molecule has 1 aromatic carbocycles. The Morgan fingerprint density at radius 3 is 2.68 bits per heavy atom. The molecule has 0 aliphatic heterocycles. The van der Waals surface area contributed by atoms with E-state index in [4.69, 9.17) is 5.73 Å². The average Bonchev–Trinajstić information content (AvgIpc) is 2.41. The molecule has 0 aliphatic rings. The Kier molecular flexibility index (Phi) is 3.41. The molecule has 4 nitrogen and oxygen atoms in total. The Labute approximate surface area is 107 Å². The van der Waals surface area contributed by atoms with Crippen molar-refractivity contribution in [3.05, 3.63) is 47.7 Å². The molecule has 2 N–H and O–H groups in total. The monoisotopic (exact) mass is 264 g/mol. The summed E-state index contributed by atoms with van der Waals surface area (Å²) < 4.78 is 31.5. The Hall–Kier alpha value is -2.50. The van der Waals surface area contributed by atoms with Crippen molar-refractivity contribution in [1.82, 2.24) is 4.98 Å². The number of anilines is 1. The van der Waals surface area contributed by atoms with Crippen molar-refractivity contribution < 1.29 is 18.3 Å². The van der Waals surface area contributed by atoms with Gasteiger partial charge in [0.1, 0.15) is 17.5 Å². The van der Waals surface area contributed by atoms with Crippen LogP contribution in [-0.2, 0) is 4.74 Å². The van der Waals surface area contributed by atoms with Crippen molar-refractivity contribution >= 4 is 11.8 Å². The second-order valence-corrected chi connectivity index (χ2v) is 3.77. The van der Waals surface area contributed by atoms with Crippen LogP contribution in [0.4, 0.5) is 14.6 Å². The van der Waals surface area contributed by atoms with Crippen LogP contribution in [0.2, 0.25) is 0 Å². The largest absolute Gasteiger partial charge is 0.465 e. The number of pyridine rings is 1. The van der Waals surface area contributed by atoms with Gasteiger partial charge in [0.05, 0.1) is 12.7 Å². The van der Waals surface area contributed by atoms with Crippen molar-refractivity contribution in [3.8, 4) is 11.1 Å². The van der Waals surface area contributed by atoms with Crippen molar-refractivity contribution in [3.63, 3.8) is 0 Å². The molecule has 0 radical (unpaired) electrons. The number of nitrogens with two attached hydrogens (primary N) is 1. The van der Waals surface area contributed by atoms with Gasteiger partial charge in [-0.15, -0.1) is 0 Å². The third kappa shape index (κ3) is 2.52. The van der Waals surface area contributed by atoms with Crippen LogP contribution in [0.25, 0.3) is 11.1 Å². The number of ether oxygens (including phenoxy) is 1. The molecule has 0 fully saturated rings. The van der Waals surface area contributed by atoms with Crippen molar-refractivity contribution in [2.45, 2.75) is 0 Å². The molecule has 2 rings (SSSR count). The number of nitrogens with zero attached hydrogens (tertiary/aromatic N) is 1. The van der Waals surface area contributed by atoms with Gasteiger partial charge in [0.2, 0.25) is 0 Å². The highest BCUT2D eigenvalue weighted by molar-refractivity contribution is 5.97. The Bertz CT molecular complexity index is 645. The summed E-state index contributed by atoms with van der Waals surface area (Å²) in [5, 5.41) is 0. The molecule has 1 aromatic heterocycles. The highest BCUT2D eigenvalue weighted by Crippen LogP contribution is 2.28. The fraction of sp³-hybridized carbons (Fsp3) is 0.0769. The van der Waals surface area contributed by atoms with Crippen molar-refractivity contribution in [2.75, 3.05) is 12.8 Å². The van der Waals surface area contributed by atoms with Crippen LogP contribution in [0.5, 0.6) is 0 Å². The number of nitrogen functional groups attached to an aromatic ring is 1. The van der Waals surface area contributed by atoms with E-state index in [1.54, 1.807) is 0 Å². The van der Waals surface area contributed by atoms with Gasteiger partial charge in [-0.3, -0.25) is 0 Å². The third-order valence-electron chi connectivity index (χ3n) is 2.55. The molecule has 0 atom stereocenters. The highest BCUT2D eigenvalue weighted by Gasteiger charge is 2.17. The summed E-state index contributed by atoms with van der Waals surface area (Å²) in [6, 6.07) is 4.20. The lowest BCUT2D eigenvalue weighted by atomic mass is 10.0. The number of hydrogen-bond acceptors (Lipinski definition) is 4. The van der Waals surface area contributed by atoms with Crippen molar-refractivity contribution in [1.29, 1.82) is 0 Å². The SMILES string of the molecule is COC(=O)c1cc(N)ncc1-c1cc(F)ccc1F. The first-order valence-electron chi connectivity index (χ1n) is 5.32. The van der Waals surface area contributed by atoms with E-state index in [9.17, 15) is 13.6 Å². The summed E-state index contributed by atoms with van der Waals surface area (Å²) in [6.07, 6.45) is 1.21. The standard InChI is InChI=1S/C13H10F2N2O2/c1-19-13(18)9-5-12(16)17-6-10(9)8-4-7(14)2-3-11(8)15/h2-6H,1H3,(H2,16,17).